The van der Waals surface area contributed by atoms with Crippen molar-refractivity contribution in [2.45, 2.75) is 11.8 Å². The first-order valence-electron chi connectivity index (χ1n) is 5.24. The molecule has 0 fully saturated rings. The van der Waals surface area contributed by atoms with Gasteiger partial charge in [-0.2, -0.15) is 0 Å². The summed E-state index contributed by atoms with van der Waals surface area (Å²) in [5.41, 5.74) is 3.96. The molecule has 1 aromatic rings. The average molecular weight is 255 g/mol. The number of carbonyl (C=O) groups excluding carboxylic acids is 1. The zero-order valence-corrected chi connectivity index (χ0v) is 11.1. The van der Waals surface area contributed by atoms with Crippen molar-refractivity contribution < 1.29 is 14.4 Å². The molecule has 0 saturated heterocycles. The lowest BCUT2D eigenvalue weighted by Gasteiger charge is -2.08. The number of hydrogen-bond donors (Lipinski definition) is 1. The highest BCUT2D eigenvalue weighted by Crippen LogP contribution is 2.18. The summed E-state index contributed by atoms with van der Waals surface area (Å²) in [5, 5.41) is 0. The van der Waals surface area contributed by atoms with Crippen LogP contribution in [0, 0.1) is 6.92 Å². The molecule has 94 valence electrons. The van der Waals surface area contributed by atoms with Crippen molar-refractivity contribution in [3.63, 3.8) is 0 Å². The van der Waals surface area contributed by atoms with E-state index in [1.165, 1.54) is 0 Å². The van der Waals surface area contributed by atoms with Gasteiger partial charge in [0.15, 0.2) is 0 Å². The van der Waals surface area contributed by atoms with Gasteiger partial charge in [-0.1, -0.05) is 6.07 Å². The van der Waals surface area contributed by atoms with Crippen molar-refractivity contribution in [1.82, 2.24) is 5.48 Å². The molecule has 0 heterocycles. The van der Waals surface area contributed by atoms with Crippen LogP contribution in [0.2, 0.25) is 0 Å². The zero-order valence-electron chi connectivity index (χ0n) is 10.3. The van der Waals surface area contributed by atoms with E-state index in [4.69, 9.17) is 9.57 Å². The fourth-order valence-corrected chi connectivity index (χ4v) is 1.71. The summed E-state index contributed by atoms with van der Waals surface area (Å²) in [6, 6.07) is 5.77. The number of benzene rings is 1. The zero-order chi connectivity index (χ0) is 12.7. The van der Waals surface area contributed by atoms with Gasteiger partial charge in [0.25, 0.3) is 5.91 Å². The molecule has 0 spiro atoms. The number of aryl methyl sites for hydroxylation is 1. The smallest absolute Gasteiger partial charge is 0.275 e. The molecule has 0 aliphatic rings. The molecule has 0 bridgehead atoms. The van der Waals surface area contributed by atoms with Gasteiger partial charge in [-0.25, -0.2) is 5.48 Å². The third-order valence-corrected chi connectivity index (χ3v) is 2.97. The quantitative estimate of drug-likeness (QED) is 0.480. The van der Waals surface area contributed by atoms with Gasteiger partial charge in [0.1, 0.15) is 0 Å². The minimum atomic E-state index is -0.227. The number of methoxy groups -OCH3 is 1. The number of hydroxylamine groups is 1. The highest BCUT2D eigenvalue weighted by molar-refractivity contribution is 7.98. The maximum absolute atomic E-state index is 11.8. The molecular formula is C12H17NO3S. The largest absolute Gasteiger partial charge is 0.382 e. The van der Waals surface area contributed by atoms with Gasteiger partial charge in [-0.05, 0) is 30.9 Å². The standard InChI is InChI=1S/C12H17NO3S/c1-9-4-5-10(17-3)8-11(9)12(14)13-16-7-6-15-2/h4-5,8H,6-7H2,1-3H3,(H,13,14). The Bertz CT molecular complexity index is 382. The first-order chi connectivity index (χ1) is 8.19. The second-order valence-electron chi connectivity index (χ2n) is 3.45. The molecule has 0 aliphatic heterocycles. The van der Waals surface area contributed by atoms with Crippen molar-refractivity contribution in [3.8, 4) is 0 Å². The van der Waals surface area contributed by atoms with Crippen LogP contribution in [0.3, 0.4) is 0 Å². The Labute approximate surface area is 106 Å². The maximum Gasteiger partial charge on any atom is 0.275 e. The van der Waals surface area contributed by atoms with E-state index in [0.717, 1.165) is 10.5 Å². The number of rotatable bonds is 6. The van der Waals surface area contributed by atoms with Crippen molar-refractivity contribution in [2.75, 3.05) is 26.6 Å². The Balaban J connectivity index is 2.61. The van der Waals surface area contributed by atoms with Gasteiger partial charge in [0.05, 0.1) is 13.2 Å². The molecule has 1 aromatic carbocycles. The fraction of sp³-hybridized carbons (Fsp3) is 0.417. The van der Waals surface area contributed by atoms with Gasteiger partial charge in [0, 0.05) is 17.6 Å². The average Bonchev–Trinajstić information content (AvgIpc) is 2.35. The number of ether oxygens (including phenoxy) is 1. The van der Waals surface area contributed by atoms with Crippen LogP contribution in [0.4, 0.5) is 0 Å². The Morgan fingerprint density at radius 1 is 1.41 bits per heavy atom. The van der Waals surface area contributed by atoms with Crippen LogP contribution in [0.1, 0.15) is 15.9 Å². The van der Waals surface area contributed by atoms with Crippen LogP contribution in [0.15, 0.2) is 23.1 Å². The minimum Gasteiger partial charge on any atom is -0.382 e. The van der Waals surface area contributed by atoms with E-state index in [2.05, 4.69) is 5.48 Å². The molecule has 0 atom stereocenters. The van der Waals surface area contributed by atoms with E-state index in [1.54, 1.807) is 18.9 Å². The highest BCUT2D eigenvalue weighted by atomic mass is 32.2. The molecule has 5 heteroatoms. The summed E-state index contributed by atoms with van der Waals surface area (Å²) in [7, 11) is 1.58. The molecule has 4 nitrogen and oxygen atoms in total. The Hall–Kier alpha value is -1.04. The molecular weight excluding hydrogens is 238 g/mol. The minimum absolute atomic E-state index is 0.227. The lowest BCUT2D eigenvalue weighted by molar-refractivity contribution is 0.00883. The third-order valence-electron chi connectivity index (χ3n) is 2.24. The van der Waals surface area contributed by atoms with Gasteiger partial charge in [-0.3, -0.25) is 9.63 Å². The fourth-order valence-electron chi connectivity index (χ4n) is 1.27. The molecule has 0 saturated carbocycles. The van der Waals surface area contributed by atoms with Gasteiger partial charge in [0.2, 0.25) is 0 Å². The van der Waals surface area contributed by atoms with E-state index in [1.807, 2.05) is 31.4 Å². The molecule has 0 aliphatic carbocycles. The summed E-state index contributed by atoms with van der Waals surface area (Å²) < 4.78 is 4.81. The van der Waals surface area contributed by atoms with Crippen LogP contribution in [0.5, 0.6) is 0 Å². The van der Waals surface area contributed by atoms with E-state index >= 15 is 0 Å². The Kier molecular flexibility index (Phi) is 6.04. The lowest BCUT2D eigenvalue weighted by atomic mass is 10.1. The first kappa shape index (κ1) is 14.0. The Morgan fingerprint density at radius 2 is 2.18 bits per heavy atom. The van der Waals surface area contributed by atoms with Crippen molar-refractivity contribution >= 4 is 17.7 Å². The predicted octanol–water partition coefficient (Wildman–Crippen LogP) is 2.02. The molecule has 1 N–H and O–H groups in total. The van der Waals surface area contributed by atoms with Crippen LogP contribution in [0.25, 0.3) is 0 Å². The summed E-state index contributed by atoms with van der Waals surface area (Å²) in [6.07, 6.45) is 1.97. The SMILES string of the molecule is COCCONC(=O)c1cc(SC)ccc1C. The van der Waals surface area contributed by atoms with E-state index in [-0.39, 0.29) is 5.91 Å². The van der Waals surface area contributed by atoms with Crippen LogP contribution in [-0.2, 0) is 9.57 Å². The topological polar surface area (TPSA) is 47.6 Å². The second-order valence-corrected chi connectivity index (χ2v) is 4.33. The van der Waals surface area contributed by atoms with Crippen LogP contribution < -0.4 is 5.48 Å². The van der Waals surface area contributed by atoms with E-state index in [0.29, 0.717) is 18.8 Å². The first-order valence-corrected chi connectivity index (χ1v) is 6.47. The number of thioether (sulfide) groups is 1. The van der Waals surface area contributed by atoms with Gasteiger partial charge < -0.3 is 4.74 Å². The molecule has 1 amide bonds. The second kappa shape index (κ2) is 7.32. The third kappa shape index (κ3) is 4.38. The number of amides is 1. The number of carbonyl (C=O) groups is 1. The van der Waals surface area contributed by atoms with Crippen LogP contribution in [-0.4, -0.2) is 32.5 Å². The molecule has 0 radical (unpaired) electrons. The molecule has 0 aromatic heterocycles. The summed E-state index contributed by atoms with van der Waals surface area (Å²) in [6.45, 7) is 2.68. The van der Waals surface area contributed by atoms with E-state index in [9.17, 15) is 4.79 Å². The summed E-state index contributed by atoms with van der Waals surface area (Å²) in [5.74, 6) is -0.227. The normalized spacial score (nSPS) is 10.3. The highest BCUT2D eigenvalue weighted by Gasteiger charge is 2.09. The maximum atomic E-state index is 11.8. The number of nitrogens with one attached hydrogen (secondary N) is 1. The van der Waals surface area contributed by atoms with Gasteiger partial charge >= 0.3 is 0 Å². The molecule has 1 rings (SSSR count). The van der Waals surface area contributed by atoms with Crippen LogP contribution >= 0.6 is 11.8 Å². The number of hydrogen-bond acceptors (Lipinski definition) is 4. The van der Waals surface area contributed by atoms with Crippen molar-refractivity contribution in [1.29, 1.82) is 0 Å². The summed E-state index contributed by atoms with van der Waals surface area (Å²) in [4.78, 5) is 17.9. The molecule has 0 unspecified atom stereocenters. The summed E-state index contributed by atoms with van der Waals surface area (Å²) >= 11 is 1.60. The van der Waals surface area contributed by atoms with Crippen molar-refractivity contribution in [2.24, 2.45) is 0 Å². The Morgan fingerprint density at radius 3 is 2.82 bits per heavy atom. The van der Waals surface area contributed by atoms with Crippen molar-refractivity contribution in [3.05, 3.63) is 29.3 Å². The monoisotopic (exact) mass is 255 g/mol. The molecule has 17 heavy (non-hydrogen) atoms. The van der Waals surface area contributed by atoms with E-state index < -0.39 is 0 Å². The lowest BCUT2D eigenvalue weighted by Crippen LogP contribution is -2.26. The predicted molar refractivity (Wildman–Crippen MR) is 68.3 cm³/mol. The van der Waals surface area contributed by atoms with Gasteiger partial charge in [-0.15, -0.1) is 11.8 Å².